The molecular formula is C12H17N3O5S. The summed E-state index contributed by atoms with van der Waals surface area (Å²) in [5.41, 5.74) is -0.269. The van der Waals surface area contributed by atoms with Crippen LogP contribution in [0.25, 0.3) is 0 Å². The van der Waals surface area contributed by atoms with Gasteiger partial charge < -0.3 is 15.3 Å². The quantitative estimate of drug-likeness (QED) is 0.497. The van der Waals surface area contributed by atoms with E-state index in [-0.39, 0.29) is 23.1 Å². The van der Waals surface area contributed by atoms with Crippen molar-refractivity contribution in [2.24, 2.45) is 0 Å². The molecule has 0 aliphatic carbocycles. The average Bonchev–Trinajstić information content (AvgIpc) is 2.75. The zero-order valence-corrected chi connectivity index (χ0v) is 12.6. The van der Waals surface area contributed by atoms with Gasteiger partial charge in [-0.25, -0.2) is 8.42 Å². The molecule has 1 rings (SSSR count). The first-order chi connectivity index (χ1) is 9.66. The molecule has 0 aromatic heterocycles. The van der Waals surface area contributed by atoms with E-state index in [1.807, 2.05) is 0 Å². The molecule has 2 N–H and O–H groups in total. The second kappa shape index (κ2) is 6.58. The number of rotatable bonds is 5. The smallest absolute Gasteiger partial charge is 0.325 e. The number of nitriles is 1. The van der Waals surface area contributed by atoms with E-state index in [4.69, 9.17) is 10.4 Å². The third-order valence-electron chi connectivity index (χ3n) is 3.20. The molecule has 21 heavy (non-hydrogen) atoms. The number of carbonyl (C=O) groups excluding carboxylic acids is 1. The first-order valence-corrected chi connectivity index (χ1v) is 8.06. The summed E-state index contributed by atoms with van der Waals surface area (Å²) in [5, 5.41) is 19.8. The van der Waals surface area contributed by atoms with Crippen LogP contribution >= 0.6 is 0 Å². The van der Waals surface area contributed by atoms with E-state index < -0.39 is 27.8 Å². The van der Waals surface area contributed by atoms with Crippen LogP contribution in [0.5, 0.6) is 0 Å². The van der Waals surface area contributed by atoms with E-state index in [0.717, 1.165) is 0 Å². The van der Waals surface area contributed by atoms with Crippen LogP contribution in [0.4, 0.5) is 0 Å². The summed E-state index contributed by atoms with van der Waals surface area (Å²) in [6.07, 6.45) is 1.68. The third-order valence-corrected chi connectivity index (χ3v) is 4.95. The molecule has 0 radical (unpaired) electrons. The first kappa shape index (κ1) is 17.0. The molecule has 0 aromatic rings. The van der Waals surface area contributed by atoms with Crippen LogP contribution in [-0.4, -0.2) is 60.9 Å². The van der Waals surface area contributed by atoms with Gasteiger partial charge in [0, 0.05) is 19.3 Å². The van der Waals surface area contributed by atoms with Gasteiger partial charge in [0.25, 0.3) is 5.91 Å². The third kappa shape index (κ3) is 4.75. The molecule has 9 heteroatoms. The SMILES string of the molecule is CC(NC(=O)/C(C#N)=C\N(C)C1CCS(=O)(=O)C1)C(=O)O. The average molecular weight is 315 g/mol. The van der Waals surface area contributed by atoms with E-state index in [9.17, 15) is 18.0 Å². The summed E-state index contributed by atoms with van der Waals surface area (Å²) >= 11 is 0. The van der Waals surface area contributed by atoms with Crippen molar-refractivity contribution in [1.29, 1.82) is 5.26 Å². The summed E-state index contributed by atoms with van der Waals surface area (Å²) in [4.78, 5) is 23.9. The van der Waals surface area contributed by atoms with E-state index in [1.165, 1.54) is 18.0 Å². The van der Waals surface area contributed by atoms with Gasteiger partial charge in [-0.3, -0.25) is 9.59 Å². The molecule has 116 valence electrons. The van der Waals surface area contributed by atoms with Crippen LogP contribution in [-0.2, 0) is 19.4 Å². The van der Waals surface area contributed by atoms with Gasteiger partial charge in [-0.05, 0) is 13.3 Å². The van der Waals surface area contributed by atoms with Gasteiger partial charge in [0.05, 0.1) is 11.5 Å². The lowest BCUT2D eigenvalue weighted by Gasteiger charge is -2.21. The van der Waals surface area contributed by atoms with Crippen molar-refractivity contribution >= 4 is 21.7 Å². The second-order valence-electron chi connectivity index (χ2n) is 4.91. The normalized spacial score (nSPS) is 22.1. The molecular weight excluding hydrogens is 298 g/mol. The number of nitrogens with one attached hydrogen (secondary N) is 1. The van der Waals surface area contributed by atoms with Crippen LogP contribution in [0.15, 0.2) is 11.8 Å². The Morgan fingerprint density at radius 2 is 2.14 bits per heavy atom. The number of hydrogen-bond acceptors (Lipinski definition) is 6. The Balaban J connectivity index is 2.77. The summed E-state index contributed by atoms with van der Waals surface area (Å²) in [6.45, 7) is 1.28. The summed E-state index contributed by atoms with van der Waals surface area (Å²) < 4.78 is 22.8. The Morgan fingerprint density at radius 3 is 2.57 bits per heavy atom. The number of carbonyl (C=O) groups is 2. The predicted molar refractivity (Wildman–Crippen MR) is 73.8 cm³/mol. The fourth-order valence-corrected chi connectivity index (χ4v) is 3.67. The highest BCUT2D eigenvalue weighted by Crippen LogP contribution is 2.17. The van der Waals surface area contributed by atoms with E-state index >= 15 is 0 Å². The lowest BCUT2D eigenvalue weighted by atomic mass is 10.2. The second-order valence-corrected chi connectivity index (χ2v) is 7.14. The maximum atomic E-state index is 11.8. The summed E-state index contributed by atoms with van der Waals surface area (Å²) in [5.74, 6) is -1.96. The zero-order valence-electron chi connectivity index (χ0n) is 11.7. The van der Waals surface area contributed by atoms with Gasteiger partial charge in [-0.2, -0.15) is 5.26 Å². The van der Waals surface area contributed by atoms with Gasteiger partial charge >= 0.3 is 5.97 Å². The van der Waals surface area contributed by atoms with Crippen molar-refractivity contribution in [1.82, 2.24) is 10.2 Å². The standard InChI is InChI=1S/C12H17N3O5S/c1-8(12(17)18)14-11(16)9(5-13)6-15(2)10-3-4-21(19,20)7-10/h6,8,10H,3-4,7H2,1-2H3,(H,14,16)(H,17,18)/b9-6-. The molecule has 8 nitrogen and oxygen atoms in total. The van der Waals surface area contributed by atoms with Crippen LogP contribution in [0.2, 0.25) is 0 Å². The van der Waals surface area contributed by atoms with Crippen molar-refractivity contribution in [3.63, 3.8) is 0 Å². The number of hydrogen-bond donors (Lipinski definition) is 2. The number of carboxylic acids is 1. The van der Waals surface area contributed by atoms with Crippen LogP contribution in [0, 0.1) is 11.3 Å². The van der Waals surface area contributed by atoms with Crippen molar-refractivity contribution in [3.05, 3.63) is 11.8 Å². The molecule has 0 saturated carbocycles. The van der Waals surface area contributed by atoms with Gasteiger partial charge in [-0.1, -0.05) is 0 Å². The van der Waals surface area contributed by atoms with E-state index in [2.05, 4.69) is 5.32 Å². The molecule has 1 heterocycles. The lowest BCUT2D eigenvalue weighted by Crippen LogP contribution is -2.39. The number of nitrogens with zero attached hydrogens (tertiary/aromatic N) is 2. The zero-order chi connectivity index (χ0) is 16.2. The Hall–Kier alpha value is -2.08. The number of amides is 1. The van der Waals surface area contributed by atoms with E-state index in [1.54, 1.807) is 13.1 Å². The fourth-order valence-electron chi connectivity index (χ4n) is 1.88. The topological polar surface area (TPSA) is 128 Å². The molecule has 0 bridgehead atoms. The molecule has 0 spiro atoms. The maximum absolute atomic E-state index is 11.8. The maximum Gasteiger partial charge on any atom is 0.325 e. The van der Waals surface area contributed by atoms with Gasteiger partial charge in [-0.15, -0.1) is 0 Å². The number of sulfone groups is 1. The Kier molecular flexibility index (Phi) is 5.32. The molecule has 1 aliphatic rings. The molecule has 1 amide bonds. The Labute approximate surface area is 123 Å². The minimum atomic E-state index is -3.07. The van der Waals surface area contributed by atoms with Crippen molar-refractivity contribution < 1.29 is 23.1 Å². The molecule has 1 saturated heterocycles. The monoisotopic (exact) mass is 315 g/mol. The van der Waals surface area contributed by atoms with Crippen LogP contribution in [0.3, 0.4) is 0 Å². The minimum absolute atomic E-state index is 0.0220. The first-order valence-electron chi connectivity index (χ1n) is 6.24. The lowest BCUT2D eigenvalue weighted by molar-refractivity contribution is -0.140. The molecule has 1 fully saturated rings. The van der Waals surface area contributed by atoms with Crippen molar-refractivity contribution in [2.75, 3.05) is 18.6 Å². The Bertz CT molecular complexity index is 605. The van der Waals surface area contributed by atoms with Crippen molar-refractivity contribution in [3.8, 4) is 6.07 Å². The van der Waals surface area contributed by atoms with Gasteiger partial charge in [0.15, 0.2) is 9.84 Å². The predicted octanol–water partition coefficient (Wildman–Crippen LogP) is -0.898. The van der Waals surface area contributed by atoms with E-state index in [0.29, 0.717) is 6.42 Å². The highest BCUT2D eigenvalue weighted by Gasteiger charge is 2.30. The van der Waals surface area contributed by atoms with Gasteiger partial charge in [0.2, 0.25) is 0 Å². The minimum Gasteiger partial charge on any atom is -0.480 e. The number of carboxylic acid groups (broad SMARTS) is 1. The van der Waals surface area contributed by atoms with Crippen LogP contribution in [0.1, 0.15) is 13.3 Å². The molecule has 2 atom stereocenters. The molecule has 0 aromatic carbocycles. The van der Waals surface area contributed by atoms with Crippen LogP contribution < -0.4 is 5.32 Å². The van der Waals surface area contributed by atoms with Gasteiger partial charge in [0.1, 0.15) is 17.7 Å². The summed E-state index contributed by atoms with van der Waals surface area (Å²) in [7, 11) is -1.49. The Morgan fingerprint density at radius 1 is 1.52 bits per heavy atom. The fraction of sp³-hybridized carbons (Fsp3) is 0.583. The highest BCUT2D eigenvalue weighted by molar-refractivity contribution is 7.91. The number of aliphatic carboxylic acids is 1. The van der Waals surface area contributed by atoms with Crippen molar-refractivity contribution in [2.45, 2.75) is 25.4 Å². The molecule has 1 aliphatic heterocycles. The molecule has 2 unspecified atom stereocenters. The largest absolute Gasteiger partial charge is 0.480 e. The summed E-state index contributed by atoms with van der Waals surface area (Å²) in [6, 6.07) is 0.278. The highest BCUT2D eigenvalue weighted by atomic mass is 32.2.